The lowest BCUT2D eigenvalue weighted by atomic mass is 9.64. The van der Waals surface area contributed by atoms with Crippen LogP contribution in [0.15, 0.2) is 78.9 Å². The molecule has 4 unspecified atom stereocenters. The van der Waals surface area contributed by atoms with Crippen molar-refractivity contribution in [3.63, 3.8) is 0 Å². The summed E-state index contributed by atoms with van der Waals surface area (Å²) in [5.41, 5.74) is 3.97. The van der Waals surface area contributed by atoms with Crippen LogP contribution in [0.25, 0.3) is 0 Å². The molecule has 0 aromatic heterocycles. The van der Waals surface area contributed by atoms with Gasteiger partial charge in [-0.2, -0.15) is 0 Å². The number of benzene rings is 3. The largest absolute Gasteiger partial charge is 0.496 e. The normalized spacial score (nSPS) is 23.1. The van der Waals surface area contributed by atoms with Crippen molar-refractivity contribution in [2.24, 2.45) is 11.3 Å². The molecule has 2 aliphatic rings. The van der Waals surface area contributed by atoms with Gasteiger partial charge < -0.3 is 15.0 Å². The molecule has 40 heavy (non-hydrogen) atoms. The maximum Gasteiger partial charge on any atom is 0.262 e. The highest BCUT2D eigenvalue weighted by atomic mass is 32.2. The molecule has 0 radical (unpaired) electrons. The van der Waals surface area contributed by atoms with Crippen LogP contribution in [-0.4, -0.2) is 52.0 Å². The Morgan fingerprint density at radius 2 is 1.70 bits per heavy atom. The van der Waals surface area contributed by atoms with Gasteiger partial charge in [0.1, 0.15) is 5.75 Å². The van der Waals surface area contributed by atoms with E-state index in [0.717, 1.165) is 43.1 Å². The van der Waals surface area contributed by atoms with Crippen LogP contribution in [0.4, 0.5) is 5.69 Å². The zero-order valence-corrected chi connectivity index (χ0v) is 25.2. The van der Waals surface area contributed by atoms with E-state index >= 15 is 0 Å². The monoisotopic (exact) mass is 561 g/mol. The van der Waals surface area contributed by atoms with Crippen LogP contribution in [0.2, 0.25) is 0 Å². The van der Waals surface area contributed by atoms with Gasteiger partial charge in [0.2, 0.25) is 0 Å². The SMILES string of the molecule is COc1ccc(N(S(=O)O)C(C)(C)C(C)C)cc1CNC1CN2CCC1(C(c1ccccc1)c1ccccc1)C2. The third kappa shape index (κ3) is 5.32. The summed E-state index contributed by atoms with van der Waals surface area (Å²) < 4.78 is 30.2. The highest BCUT2D eigenvalue weighted by molar-refractivity contribution is 7.80. The zero-order valence-electron chi connectivity index (χ0n) is 24.3. The lowest BCUT2D eigenvalue weighted by Crippen LogP contribution is -2.49. The summed E-state index contributed by atoms with van der Waals surface area (Å²) in [6.45, 7) is 12.0. The maximum absolute atomic E-state index is 12.5. The highest BCUT2D eigenvalue weighted by Crippen LogP contribution is 2.53. The fraction of sp³-hybridized carbons (Fsp3) is 0.455. The lowest BCUT2D eigenvalue weighted by Gasteiger charge is -2.42. The Bertz CT molecular complexity index is 1280. The Labute approximate surface area is 242 Å². The second-order valence-electron chi connectivity index (χ2n) is 12.2. The Morgan fingerprint density at radius 3 is 2.23 bits per heavy atom. The predicted molar refractivity (Wildman–Crippen MR) is 164 cm³/mol. The molecule has 0 amide bonds. The van der Waals surface area contributed by atoms with Gasteiger partial charge in [0.15, 0.2) is 0 Å². The molecule has 2 aliphatic heterocycles. The van der Waals surface area contributed by atoms with Crippen molar-refractivity contribution in [1.29, 1.82) is 0 Å². The quantitative estimate of drug-likeness (QED) is 0.278. The van der Waals surface area contributed by atoms with Crippen molar-refractivity contribution < 1.29 is 13.5 Å². The molecule has 0 spiro atoms. The molecule has 2 bridgehead atoms. The second kappa shape index (κ2) is 11.6. The molecule has 2 heterocycles. The molecule has 0 saturated carbocycles. The molecule has 214 valence electrons. The van der Waals surface area contributed by atoms with Crippen molar-refractivity contribution in [3.05, 3.63) is 95.6 Å². The van der Waals surface area contributed by atoms with E-state index in [2.05, 4.69) is 84.7 Å². The summed E-state index contributed by atoms with van der Waals surface area (Å²) in [5, 5.41) is 3.94. The summed E-state index contributed by atoms with van der Waals surface area (Å²) in [6.07, 6.45) is 1.14. The molecular weight excluding hydrogens is 518 g/mol. The van der Waals surface area contributed by atoms with Crippen molar-refractivity contribution in [2.45, 2.75) is 58.2 Å². The topological polar surface area (TPSA) is 65.0 Å². The number of hydrogen-bond acceptors (Lipinski definition) is 4. The summed E-state index contributed by atoms with van der Waals surface area (Å²) in [6, 6.07) is 28.0. The van der Waals surface area contributed by atoms with E-state index in [4.69, 9.17) is 4.74 Å². The van der Waals surface area contributed by atoms with Crippen molar-refractivity contribution in [2.75, 3.05) is 31.0 Å². The number of nitrogens with one attached hydrogen (secondary N) is 1. The van der Waals surface area contributed by atoms with Crippen molar-refractivity contribution in [1.82, 2.24) is 10.2 Å². The number of rotatable bonds is 11. The Morgan fingerprint density at radius 1 is 1.07 bits per heavy atom. The van der Waals surface area contributed by atoms with E-state index in [0.29, 0.717) is 6.54 Å². The fourth-order valence-corrected chi connectivity index (χ4v) is 7.70. The smallest absolute Gasteiger partial charge is 0.262 e. The van der Waals surface area contributed by atoms with Gasteiger partial charge in [0, 0.05) is 42.6 Å². The molecule has 5 rings (SSSR count). The first kappa shape index (κ1) is 28.8. The first-order valence-corrected chi connectivity index (χ1v) is 15.4. The standard InChI is InChI=1S/C33H43N3O3S/c1-24(2)32(3,4)36(40(37)38)28-16-17-29(39-5)27(20-28)21-34-30-22-35-19-18-33(30,23-35)31(25-12-8-6-9-13-25)26-14-10-7-11-15-26/h6-17,20,24,30-31,34H,18-19,21-23H2,1-5H3,(H,37,38). The van der Waals surface area contributed by atoms with Gasteiger partial charge in [-0.15, -0.1) is 0 Å². The fourth-order valence-electron chi connectivity index (χ4n) is 6.79. The average molecular weight is 562 g/mol. The second-order valence-corrected chi connectivity index (χ2v) is 13.1. The van der Waals surface area contributed by atoms with E-state index in [1.165, 1.54) is 11.1 Å². The zero-order chi connectivity index (χ0) is 28.5. The Hall–Kier alpha value is -2.71. The molecule has 7 heteroatoms. The molecule has 4 atom stereocenters. The number of methoxy groups -OCH3 is 1. The molecule has 3 aromatic carbocycles. The van der Waals surface area contributed by atoms with Gasteiger partial charge in [0.05, 0.1) is 18.3 Å². The van der Waals surface area contributed by atoms with E-state index < -0.39 is 16.8 Å². The minimum Gasteiger partial charge on any atom is -0.496 e. The maximum atomic E-state index is 12.5. The Balaban J connectivity index is 1.47. The number of nitrogens with zero attached hydrogens (tertiary/aromatic N) is 2. The first-order chi connectivity index (χ1) is 19.2. The van der Waals surface area contributed by atoms with Crippen LogP contribution in [0, 0.1) is 11.3 Å². The third-order valence-corrected chi connectivity index (χ3v) is 10.5. The van der Waals surface area contributed by atoms with Crippen LogP contribution in [0.1, 0.15) is 56.7 Å². The number of ether oxygens (including phenoxy) is 1. The van der Waals surface area contributed by atoms with E-state index in [9.17, 15) is 8.76 Å². The number of anilines is 1. The molecule has 6 nitrogen and oxygen atoms in total. The molecule has 2 fully saturated rings. The molecule has 0 aliphatic carbocycles. The van der Waals surface area contributed by atoms with Gasteiger partial charge in [-0.1, -0.05) is 74.5 Å². The van der Waals surface area contributed by atoms with Gasteiger partial charge >= 0.3 is 0 Å². The molecule has 2 N–H and O–H groups in total. The van der Waals surface area contributed by atoms with E-state index in [1.54, 1.807) is 11.4 Å². The van der Waals surface area contributed by atoms with Gasteiger partial charge in [-0.3, -0.25) is 8.86 Å². The van der Waals surface area contributed by atoms with Gasteiger partial charge in [-0.05, 0) is 62.1 Å². The highest BCUT2D eigenvalue weighted by Gasteiger charge is 2.55. The van der Waals surface area contributed by atoms with Crippen LogP contribution in [-0.2, 0) is 17.8 Å². The van der Waals surface area contributed by atoms with Crippen molar-refractivity contribution >= 4 is 17.0 Å². The summed E-state index contributed by atoms with van der Waals surface area (Å²) in [5.74, 6) is 1.23. The Kier molecular flexibility index (Phi) is 8.39. The first-order valence-electron chi connectivity index (χ1n) is 14.3. The lowest BCUT2D eigenvalue weighted by molar-refractivity contribution is 0.204. The third-order valence-electron chi connectivity index (χ3n) is 9.52. The summed E-state index contributed by atoms with van der Waals surface area (Å²) >= 11 is -2.16. The van der Waals surface area contributed by atoms with Crippen LogP contribution in [0.3, 0.4) is 0 Å². The number of fused-ring (bicyclic) bond motifs is 2. The van der Waals surface area contributed by atoms with Crippen LogP contribution >= 0.6 is 0 Å². The average Bonchev–Trinajstić information content (AvgIpc) is 3.52. The van der Waals surface area contributed by atoms with Gasteiger partial charge in [0.25, 0.3) is 11.3 Å². The van der Waals surface area contributed by atoms with Crippen LogP contribution in [0.5, 0.6) is 5.75 Å². The van der Waals surface area contributed by atoms with Crippen LogP contribution < -0.4 is 14.4 Å². The summed E-state index contributed by atoms with van der Waals surface area (Å²) in [7, 11) is 1.68. The predicted octanol–water partition coefficient (Wildman–Crippen LogP) is 6.07. The molecular formula is C33H43N3O3S. The number of piperidine rings is 1. The molecule has 3 aromatic rings. The minimum absolute atomic E-state index is 0.0613. The van der Waals surface area contributed by atoms with E-state index in [1.807, 2.05) is 32.0 Å². The minimum atomic E-state index is -2.16. The number of hydrogen-bond donors (Lipinski definition) is 2. The van der Waals surface area contributed by atoms with E-state index in [-0.39, 0.29) is 23.3 Å². The summed E-state index contributed by atoms with van der Waals surface area (Å²) in [4.78, 5) is 2.59. The van der Waals surface area contributed by atoms with Crippen molar-refractivity contribution in [3.8, 4) is 5.75 Å². The molecule has 2 saturated heterocycles. The van der Waals surface area contributed by atoms with Gasteiger partial charge in [-0.25, -0.2) is 4.21 Å².